The molecule has 1 aliphatic carbocycles. The van der Waals surface area contributed by atoms with Crippen LogP contribution in [0.1, 0.15) is 58.4 Å². The molecule has 6 heteroatoms. The number of likely N-dealkylation sites (tertiary alicyclic amines) is 1. The highest BCUT2D eigenvalue weighted by Gasteiger charge is 2.21. The summed E-state index contributed by atoms with van der Waals surface area (Å²) in [6.07, 6.45) is 6.31. The maximum atomic E-state index is 14.8. The van der Waals surface area contributed by atoms with Crippen molar-refractivity contribution in [3.63, 3.8) is 0 Å². The molecule has 2 aliphatic rings. The molecule has 0 saturated carbocycles. The molecule has 1 amide bonds. The Labute approximate surface area is 186 Å². The molecule has 1 aromatic heterocycles. The third-order valence-electron chi connectivity index (χ3n) is 6.60. The number of nitrogens with zero attached hydrogens (tertiary/aromatic N) is 2. The lowest BCUT2D eigenvalue weighted by atomic mass is 9.89. The number of hydrogen-bond donors (Lipinski definition) is 1. The van der Waals surface area contributed by atoms with Crippen molar-refractivity contribution in [2.24, 2.45) is 0 Å². The van der Waals surface area contributed by atoms with Gasteiger partial charge in [-0.1, -0.05) is 18.2 Å². The maximum absolute atomic E-state index is 14.8. The number of amides is 1. The predicted octanol–water partition coefficient (Wildman–Crippen LogP) is 4.28. The van der Waals surface area contributed by atoms with Crippen LogP contribution in [0.25, 0.3) is 11.1 Å². The van der Waals surface area contributed by atoms with E-state index in [1.807, 2.05) is 23.1 Å². The molecular formula is C26H26FN3O2. The number of aromatic amines is 1. The van der Waals surface area contributed by atoms with Gasteiger partial charge in [-0.05, 0) is 79.5 Å². The maximum Gasteiger partial charge on any atom is 0.267 e. The van der Waals surface area contributed by atoms with E-state index in [1.54, 1.807) is 18.2 Å². The van der Waals surface area contributed by atoms with Crippen molar-refractivity contribution in [3.05, 3.63) is 86.6 Å². The van der Waals surface area contributed by atoms with Gasteiger partial charge >= 0.3 is 0 Å². The van der Waals surface area contributed by atoms with Crippen LogP contribution in [0.15, 0.2) is 47.3 Å². The van der Waals surface area contributed by atoms with Crippen LogP contribution < -0.4 is 5.56 Å². The summed E-state index contributed by atoms with van der Waals surface area (Å²) in [5.41, 5.74) is 5.32. The molecule has 1 fully saturated rings. The number of carbonyl (C=O) groups excluding carboxylic acids is 1. The Morgan fingerprint density at radius 3 is 2.59 bits per heavy atom. The van der Waals surface area contributed by atoms with Crippen LogP contribution in [0, 0.1) is 5.82 Å². The van der Waals surface area contributed by atoms with Crippen LogP contribution in [-0.2, 0) is 19.3 Å². The summed E-state index contributed by atoms with van der Waals surface area (Å²) >= 11 is 0. The molecule has 0 atom stereocenters. The summed E-state index contributed by atoms with van der Waals surface area (Å²) in [7, 11) is 0. The molecule has 2 aromatic carbocycles. The SMILES string of the molecule is O=C(c1cccc(-c2cc(Cc3n[nH]c(=O)c4c3CCCC4)ccc2F)c1)N1CCCC1. The second-order valence-corrected chi connectivity index (χ2v) is 8.73. The number of nitrogens with one attached hydrogen (secondary N) is 1. The normalized spacial score (nSPS) is 15.6. The van der Waals surface area contributed by atoms with E-state index in [-0.39, 0.29) is 17.3 Å². The van der Waals surface area contributed by atoms with Gasteiger partial charge in [0.05, 0.1) is 5.69 Å². The highest BCUT2D eigenvalue weighted by atomic mass is 19.1. The highest BCUT2D eigenvalue weighted by Crippen LogP contribution is 2.28. The van der Waals surface area contributed by atoms with E-state index in [2.05, 4.69) is 10.2 Å². The summed E-state index contributed by atoms with van der Waals surface area (Å²) < 4.78 is 14.8. The third kappa shape index (κ3) is 3.97. The van der Waals surface area contributed by atoms with Gasteiger partial charge in [0.1, 0.15) is 5.82 Å². The van der Waals surface area contributed by atoms with E-state index in [0.29, 0.717) is 23.1 Å². The van der Waals surface area contributed by atoms with Crippen LogP contribution in [-0.4, -0.2) is 34.1 Å². The van der Waals surface area contributed by atoms with Gasteiger partial charge in [-0.3, -0.25) is 9.59 Å². The lowest BCUT2D eigenvalue weighted by Gasteiger charge is -2.18. The van der Waals surface area contributed by atoms with Gasteiger partial charge in [0, 0.05) is 36.2 Å². The fourth-order valence-corrected chi connectivity index (χ4v) is 4.89. The zero-order valence-electron chi connectivity index (χ0n) is 18.0. The lowest BCUT2D eigenvalue weighted by Crippen LogP contribution is -2.27. The standard InChI is InChI=1S/C26H26FN3O2/c27-23-11-10-17(15-24-20-8-1-2-9-21(20)25(31)29-28-24)14-22(23)18-6-5-7-19(16-18)26(32)30-12-3-4-13-30/h5-7,10-11,14,16H,1-4,8-9,12-13,15H2,(H,29,31). The predicted molar refractivity (Wildman–Crippen MR) is 121 cm³/mol. The van der Waals surface area contributed by atoms with Gasteiger partial charge in [-0.25, -0.2) is 9.49 Å². The van der Waals surface area contributed by atoms with Crippen molar-refractivity contribution in [2.75, 3.05) is 13.1 Å². The monoisotopic (exact) mass is 431 g/mol. The van der Waals surface area contributed by atoms with Gasteiger partial charge in [0.2, 0.25) is 0 Å². The van der Waals surface area contributed by atoms with Crippen LogP contribution in [0.3, 0.4) is 0 Å². The van der Waals surface area contributed by atoms with Crippen molar-refractivity contribution in [1.82, 2.24) is 15.1 Å². The summed E-state index contributed by atoms with van der Waals surface area (Å²) in [6, 6.07) is 12.3. The molecule has 0 spiro atoms. The third-order valence-corrected chi connectivity index (χ3v) is 6.60. The Hall–Kier alpha value is -3.28. The summed E-state index contributed by atoms with van der Waals surface area (Å²) in [6.45, 7) is 1.56. The molecule has 1 N–H and O–H groups in total. The van der Waals surface area contributed by atoms with Crippen molar-refractivity contribution in [2.45, 2.75) is 44.9 Å². The van der Waals surface area contributed by atoms with Gasteiger partial charge in [-0.15, -0.1) is 0 Å². The average Bonchev–Trinajstić information content (AvgIpc) is 3.37. The molecule has 0 bridgehead atoms. The number of halogens is 1. The Kier molecular flexibility index (Phi) is 5.60. The number of H-pyrrole nitrogens is 1. The van der Waals surface area contributed by atoms with Gasteiger partial charge in [0.25, 0.3) is 11.5 Å². The van der Waals surface area contributed by atoms with Crippen LogP contribution in [0.2, 0.25) is 0 Å². The molecule has 5 nitrogen and oxygen atoms in total. The van der Waals surface area contributed by atoms with Crippen molar-refractivity contribution in [1.29, 1.82) is 0 Å². The second-order valence-electron chi connectivity index (χ2n) is 8.73. The first kappa shape index (κ1) is 20.6. The summed E-state index contributed by atoms with van der Waals surface area (Å²) in [4.78, 5) is 26.8. The van der Waals surface area contributed by atoms with Gasteiger partial charge in [-0.2, -0.15) is 5.10 Å². The minimum absolute atomic E-state index is 0.00461. The van der Waals surface area contributed by atoms with E-state index in [9.17, 15) is 14.0 Å². The molecule has 0 radical (unpaired) electrons. The topological polar surface area (TPSA) is 66.1 Å². The lowest BCUT2D eigenvalue weighted by molar-refractivity contribution is 0.0793. The Balaban J connectivity index is 1.46. The molecule has 32 heavy (non-hydrogen) atoms. The summed E-state index contributed by atoms with van der Waals surface area (Å²) in [5.74, 6) is -0.319. The van der Waals surface area contributed by atoms with Crippen LogP contribution in [0.4, 0.5) is 4.39 Å². The molecule has 5 rings (SSSR count). The number of aromatic nitrogens is 2. The van der Waals surface area contributed by atoms with Crippen LogP contribution in [0.5, 0.6) is 0 Å². The largest absolute Gasteiger partial charge is 0.339 e. The number of fused-ring (bicyclic) bond motifs is 1. The van der Waals surface area contributed by atoms with Crippen molar-refractivity contribution >= 4 is 5.91 Å². The van der Waals surface area contributed by atoms with E-state index in [0.717, 1.165) is 74.0 Å². The first-order valence-electron chi connectivity index (χ1n) is 11.4. The Bertz CT molecular complexity index is 1230. The van der Waals surface area contributed by atoms with E-state index in [4.69, 9.17) is 0 Å². The molecular weight excluding hydrogens is 405 g/mol. The number of carbonyl (C=O) groups is 1. The highest BCUT2D eigenvalue weighted by molar-refractivity contribution is 5.95. The van der Waals surface area contributed by atoms with Crippen molar-refractivity contribution < 1.29 is 9.18 Å². The first-order valence-corrected chi connectivity index (χ1v) is 11.4. The average molecular weight is 432 g/mol. The molecule has 2 heterocycles. The molecule has 0 unspecified atom stereocenters. The zero-order valence-corrected chi connectivity index (χ0v) is 18.0. The Morgan fingerprint density at radius 2 is 1.78 bits per heavy atom. The van der Waals surface area contributed by atoms with E-state index < -0.39 is 0 Å². The second kappa shape index (κ2) is 8.69. The Morgan fingerprint density at radius 1 is 1.00 bits per heavy atom. The fraction of sp³-hybridized carbons (Fsp3) is 0.346. The fourth-order valence-electron chi connectivity index (χ4n) is 4.89. The minimum atomic E-state index is -0.323. The summed E-state index contributed by atoms with van der Waals surface area (Å²) in [5, 5.41) is 6.94. The molecule has 1 aliphatic heterocycles. The molecule has 3 aromatic rings. The first-order chi connectivity index (χ1) is 15.6. The van der Waals surface area contributed by atoms with E-state index >= 15 is 0 Å². The quantitative estimate of drug-likeness (QED) is 0.671. The zero-order chi connectivity index (χ0) is 22.1. The number of rotatable bonds is 4. The molecule has 1 saturated heterocycles. The number of hydrogen-bond acceptors (Lipinski definition) is 3. The van der Waals surface area contributed by atoms with Crippen LogP contribution >= 0.6 is 0 Å². The van der Waals surface area contributed by atoms with E-state index in [1.165, 1.54) is 6.07 Å². The van der Waals surface area contributed by atoms with Gasteiger partial charge in [0.15, 0.2) is 0 Å². The minimum Gasteiger partial charge on any atom is -0.339 e. The number of benzene rings is 2. The van der Waals surface area contributed by atoms with Crippen molar-refractivity contribution in [3.8, 4) is 11.1 Å². The van der Waals surface area contributed by atoms with Gasteiger partial charge < -0.3 is 4.90 Å². The molecule has 164 valence electrons. The smallest absolute Gasteiger partial charge is 0.267 e.